The van der Waals surface area contributed by atoms with Gasteiger partial charge in [0.25, 0.3) is 0 Å². The van der Waals surface area contributed by atoms with E-state index in [-0.39, 0.29) is 6.10 Å². The summed E-state index contributed by atoms with van der Waals surface area (Å²) < 4.78 is 0. The Hall–Kier alpha value is -0.0800. The molecular weight excluding hydrogens is 270 g/mol. The third-order valence-electron chi connectivity index (χ3n) is 9.11. The first-order chi connectivity index (χ1) is 10.5. The van der Waals surface area contributed by atoms with Gasteiger partial charge in [-0.05, 0) is 80.5 Å². The molecule has 4 fully saturated rings. The summed E-state index contributed by atoms with van der Waals surface area (Å²) in [7, 11) is 2.30. The van der Waals surface area contributed by atoms with Gasteiger partial charge >= 0.3 is 0 Å². The molecule has 8 atom stereocenters. The number of quaternary nitrogens is 1. The first kappa shape index (κ1) is 15.4. The fourth-order valence-corrected chi connectivity index (χ4v) is 7.82. The van der Waals surface area contributed by atoms with Gasteiger partial charge in [-0.25, -0.2) is 0 Å². The van der Waals surface area contributed by atoms with Crippen LogP contribution >= 0.6 is 0 Å². The van der Waals surface area contributed by atoms with Gasteiger partial charge in [0.05, 0.1) is 19.2 Å². The lowest BCUT2D eigenvalue weighted by Gasteiger charge is -2.60. The summed E-state index contributed by atoms with van der Waals surface area (Å²) in [5, 5.41) is 12.6. The first-order valence-electron chi connectivity index (χ1n) is 9.96. The average molecular weight is 307 g/mol. The van der Waals surface area contributed by atoms with Crippen LogP contribution in [0.15, 0.2) is 0 Å². The van der Waals surface area contributed by atoms with E-state index in [0.717, 1.165) is 42.6 Å². The maximum Gasteiger partial charge on any atom is 0.0914 e. The van der Waals surface area contributed by atoms with Crippen molar-refractivity contribution in [1.29, 1.82) is 0 Å². The van der Waals surface area contributed by atoms with Crippen molar-refractivity contribution in [3.63, 3.8) is 0 Å². The minimum atomic E-state index is -0.00552. The quantitative estimate of drug-likeness (QED) is 0.768. The van der Waals surface area contributed by atoms with Crippen LogP contribution in [0.4, 0.5) is 0 Å². The first-order valence-corrected chi connectivity index (χ1v) is 9.96. The summed E-state index contributed by atoms with van der Waals surface area (Å²) in [6.07, 6.45) is 12.1. The van der Waals surface area contributed by atoms with Gasteiger partial charge in [0, 0.05) is 11.8 Å². The summed E-state index contributed by atoms with van der Waals surface area (Å²) >= 11 is 0. The average Bonchev–Trinajstić information content (AvgIpc) is 2.84. The molecule has 2 nitrogen and oxygen atoms in total. The van der Waals surface area contributed by atoms with E-state index in [9.17, 15) is 5.11 Å². The molecule has 0 heterocycles. The van der Waals surface area contributed by atoms with E-state index >= 15 is 0 Å². The third-order valence-corrected chi connectivity index (χ3v) is 9.11. The number of hydrogen-bond donors (Lipinski definition) is 2. The van der Waals surface area contributed by atoms with Gasteiger partial charge in [-0.3, -0.25) is 0 Å². The van der Waals surface area contributed by atoms with Gasteiger partial charge in [-0.1, -0.05) is 13.8 Å². The molecule has 22 heavy (non-hydrogen) atoms. The third kappa shape index (κ3) is 1.99. The number of rotatable bonds is 1. The molecule has 2 heteroatoms. The molecule has 126 valence electrons. The molecular formula is C20H36NO+. The van der Waals surface area contributed by atoms with Crippen LogP contribution in [0, 0.1) is 34.5 Å². The van der Waals surface area contributed by atoms with Crippen LogP contribution in [0.1, 0.15) is 71.6 Å². The molecule has 0 spiro atoms. The molecule has 0 aromatic rings. The van der Waals surface area contributed by atoms with Crippen molar-refractivity contribution in [2.24, 2.45) is 34.5 Å². The summed E-state index contributed by atoms with van der Waals surface area (Å²) in [5.41, 5.74) is 1.14. The Bertz CT molecular complexity index is 437. The normalized spacial score (nSPS) is 57.8. The van der Waals surface area contributed by atoms with E-state index in [1.165, 1.54) is 44.9 Å². The maximum atomic E-state index is 10.1. The number of nitrogens with two attached hydrogens (primary N) is 1. The molecule has 0 saturated heterocycles. The number of aliphatic hydroxyl groups excluding tert-OH is 1. The number of hydrogen-bond acceptors (Lipinski definition) is 1. The van der Waals surface area contributed by atoms with Gasteiger partial charge in [0.2, 0.25) is 0 Å². The summed E-state index contributed by atoms with van der Waals surface area (Å²) in [6.45, 7) is 5.21. The van der Waals surface area contributed by atoms with E-state index in [2.05, 4.69) is 26.2 Å². The Kier molecular flexibility index (Phi) is 3.66. The lowest BCUT2D eigenvalue weighted by molar-refractivity contribution is -0.676. The predicted molar refractivity (Wildman–Crippen MR) is 89.4 cm³/mol. The van der Waals surface area contributed by atoms with Gasteiger partial charge in [0.15, 0.2) is 0 Å². The lowest BCUT2D eigenvalue weighted by atomic mass is 9.45. The summed E-state index contributed by atoms with van der Waals surface area (Å²) in [5.74, 6) is 3.72. The van der Waals surface area contributed by atoms with E-state index < -0.39 is 0 Å². The zero-order valence-corrected chi connectivity index (χ0v) is 14.9. The van der Waals surface area contributed by atoms with Crippen LogP contribution < -0.4 is 5.32 Å². The van der Waals surface area contributed by atoms with Crippen LogP contribution in [0.5, 0.6) is 0 Å². The largest absolute Gasteiger partial charge is 0.393 e. The van der Waals surface area contributed by atoms with Gasteiger partial charge in [-0.15, -0.1) is 0 Å². The van der Waals surface area contributed by atoms with Crippen molar-refractivity contribution in [3.8, 4) is 0 Å². The fraction of sp³-hybridized carbons (Fsp3) is 1.00. The summed E-state index contributed by atoms with van der Waals surface area (Å²) in [6, 6.07) is 0.872. The Morgan fingerprint density at radius 3 is 2.36 bits per heavy atom. The molecule has 4 aliphatic carbocycles. The highest BCUT2D eigenvalue weighted by Crippen LogP contribution is 2.65. The highest BCUT2D eigenvalue weighted by Gasteiger charge is 2.60. The van der Waals surface area contributed by atoms with Crippen LogP contribution in [-0.4, -0.2) is 24.3 Å². The van der Waals surface area contributed by atoms with Gasteiger partial charge in [-0.2, -0.15) is 0 Å². The van der Waals surface area contributed by atoms with Crippen molar-refractivity contribution >= 4 is 0 Å². The molecule has 4 saturated carbocycles. The predicted octanol–water partition coefficient (Wildman–Crippen LogP) is 2.95. The van der Waals surface area contributed by atoms with Crippen LogP contribution in [0.3, 0.4) is 0 Å². The molecule has 4 aliphatic rings. The number of fused-ring (bicyclic) bond motifs is 5. The van der Waals surface area contributed by atoms with E-state index in [1.807, 2.05) is 0 Å². The van der Waals surface area contributed by atoms with E-state index in [4.69, 9.17) is 0 Å². The van der Waals surface area contributed by atoms with Gasteiger partial charge < -0.3 is 10.4 Å². The SMILES string of the molecule is C[NH2+][C@@H]1CC[C@H]2[C@@H]3CC[C@H]4C[C@@H](O)CC[C@]4(C)[C@H]3CC[C@]12C. The van der Waals surface area contributed by atoms with Crippen LogP contribution in [-0.2, 0) is 0 Å². The molecule has 4 rings (SSSR count). The molecule has 0 aliphatic heterocycles. The molecule has 0 amide bonds. The minimum absolute atomic E-state index is 0.00552. The Morgan fingerprint density at radius 1 is 0.864 bits per heavy atom. The standard InChI is InChI=1S/C20H35NO/c1-19-10-8-14(22)12-13(19)4-5-15-16-6-7-18(21-3)20(16,2)11-9-17(15)19/h13-18,21-22H,4-12H2,1-3H3/p+1/t13-,14-,15-,16-,17-,18+,19-,20-/m0/s1. The molecule has 0 bridgehead atoms. The Balaban J connectivity index is 1.61. The van der Waals surface area contributed by atoms with E-state index in [0.29, 0.717) is 10.8 Å². The minimum Gasteiger partial charge on any atom is -0.393 e. The zero-order chi connectivity index (χ0) is 15.5. The van der Waals surface area contributed by atoms with Crippen molar-refractivity contribution in [1.82, 2.24) is 0 Å². The lowest BCUT2D eigenvalue weighted by Crippen LogP contribution is -2.89. The smallest absolute Gasteiger partial charge is 0.0914 e. The molecule has 0 unspecified atom stereocenters. The molecule has 3 N–H and O–H groups in total. The fourth-order valence-electron chi connectivity index (χ4n) is 7.82. The number of aliphatic hydroxyl groups is 1. The van der Waals surface area contributed by atoms with Gasteiger partial charge in [0.1, 0.15) is 0 Å². The monoisotopic (exact) mass is 306 g/mol. The Morgan fingerprint density at radius 2 is 1.59 bits per heavy atom. The second kappa shape index (κ2) is 5.21. The van der Waals surface area contributed by atoms with Crippen molar-refractivity contribution in [2.45, 2.75) is 83.8 Å². The zero-order valence-electron chi connectivity index (χ0n) is 14.9. The highest BCUT2D eigenvalue weighted by atomic mass is 16.3. The molecule has 0 radical (unpaired) electrons. The highest BCUT2D eigenvalue weighted by molar-refractivity contribution is 5.09. The van der Waals surface area contributed by atoms with Crippen molar-refractivity contribution in [2.75, 3.05) is 7.05 Å². The topological polar surface area (TPSA) is 36.8 Å². The summed E-state index contributed by atoms with van der Waals surface area (Å²) in [4.78, 5) is 0. The van der Waals surface area contributed by atoms with Crippen LogP contribution in [0.2, 0.25) is 0 Å². The second-order valence-corrected chi connectivity index (χ2v) is 9.65. The second-order valence-electron chi connectivity index (χ2n) is 9.65. The maximum absolute atomic E-state index is 10.1. The Labute approximate surface area is 136 Å². The van der Waals surface area contributed by atoms with E-state index in [1.54, 1.807) is 0 Å². The van der Waals surface area contributed by atoms with Crippen molar-refractivity contribution in [3.05, 3.63) is 0 Å². The van der Waals surface area contributed by atoms with Crippen LogP contribution in [0.25, 0.3) is 0 Å². The van der Waals surface area contributed by atoms with Crippen molar-refractivity contribution < 1.29 is 10.4 Å². The molecule has 0 aromatic heterocycles. The molecule has 0 aromatic carbocycles.